The summed E-state index contributed by atoms with van der Waals surface area (Å²) < 4.78 is 4.09. The maximum Gasteiger partial charge on any atom is 0.148 e. The molecule has 0 radical (unpaired) electrons. The lowest BCUT2D eigenvalue weighted by atomic mass is 10.4. The first kappa shape index (κ1) is 9.29. The summed E-state index contributed by atoms with van der Waals surface area (Å²) >= 11 is 1.38. The Hall–Kier alpha value is -1.27. The van der Waals surface area contributed by atoms with Crippen molar-refractivity contribution < 1.29 is 0 Å². The van der Waals surface area contributed by atoms with Crippen molar-refractivity contribution in [2.24, 2.45) is 5.73 Å². The molecule has 2 aromatic heterocycles. The quantitative estimate of drug-likeness (QED) is 0.796. The maximum absolute atomic E-state index is 5.49. The molecule has 5 nitrogen and oxygen atoms in total. The van der Waals surface area contributed by atoms with E-state index in [0.717, 1.165) is 22.6 Å². The van der Waals surface area contributed by atoms with Gasteiger partial charge in [-0.3, -0.25) is 0 Å². The summed E-state index contributed by atoms with van der Waals surface area (Å²) in [6.07, 6.45) is 3.35. The molecule has 14 heavy (non-hydrogen) atoms. The van der Waals surface area contributed by atoms with E-state index in [0.29, 0.717) is 6.54 Å². The standard InChI is InChI=1S/C8H11N5S/c1-13(3-2-9)7-6-4-12-14-8(6)11-5-10-7/h4-5H,2-3,9H2,1H3. The van der Waals surface area contributed by atoms with E-state index in [9.17, 15) is 0 Å². The lowest BCUT2D eigenvalue weighted by Crippen LogP contribution is -2.25. The molecule has 2 aromatic rings. The summed E-state index contributed by atoms with van der Waals surface area (Å²) in [6.45, 7) is 1.39. The predicted octanol–water partition coefficient (Wildman–Crippen LogP) is 0.481. The minimum absolute atomic E-state index is 0.611. The Morgan fingerprint density at radius 3 is 3.14 bits per heavy atom. The first-order chi connectivity index (χ1) is 6.83. The van der Waals surface area contributed by atoms with Gasteiger partial charge >= 0.3 is 0 Å². The third kappa shape index (κ3) is 1.53. The molecule has 0 aliphatic rings. The Morgan fingerprint density at radius 2 is 2.36 bits per heavy atom. The largest absolute Gasteiger partial charge is 0.358 e. The summed E-state index contributed by atoms with van der Waals surface area (Å²) in [4.78, 5) is 11.3. The van der Waals surface area contributed by atoms with Gasteiger partial charge in [0.15, 0.2) is 0 Å². The molecule has 0 fully saturated rings. The molecule has 0 spiro atoms. The van der Waals surface area contributed by atoms with Crippen LogP contribution in [-0.4, -0.2) is 34.5 Å². The van der Waals surface area contributed by atoms with E-state index in [1.165, 1.54) is 11.5 Å². The topological polar surface area (TPSA) is 67.9 Å². The SMILES string of the molecule is CN(CCN)c1ncnc2sncc12. The molecule has 0 unspecified atom stereocenters. The third-order valence-electron chi connectivity index (χ3n) is 1.97. The van der Waals surface area contributed by atoms with Gasteiger partial charge in [0, 0.05) is 20.1 Å². The molecule has 2 N–H and O–H groups in total. The highest BCUT2D eigenvalue weighted by atomic mass is 32.1. The summed E-state index contributed by atoms with van der Waals surface area (Å²) in [7, 11) is 1.96. The monoisotopic (exact) mass is 209 g/mol. The molecule has 0 aliphatic heterocycles. The van der Waals surface area contributed by atoms with E-state index in [-0.39, 0.29) is 0 Å². The first-order valence-electron chi connectivity index (χ1n) is 4.29. The Kier molecular flexibility index (Phi) is 2.55. The minimum atomic E-state index is 0.611. The molecular weight excluding hydrogens is 198 g/mol. The zero-order valence-corrected chi connectivity index (χ0v) is 8.66. The van der Waals surface area contributed by atoms with Gasteiger partial charge in [0.25, 0.3) is 0 Å². The molecular formula is C8H11N5S. The van der Waals surface area contributed by atoms with Crippen LogP contribution in [0, 0.1) is 0 Å². The fraction of sp³-hybridized carbons (Fsp3) is 0.375. The van der Waals surface area contributed by atoms with Crippen LogP contribution < -0.4 is 10.6 Å². The number of hydrogen-bond acceptors (Lipinski definition) is 6. The van der Waals surface area contributed by atoms with E-state index in [1.54, 1.807) is 12.5 Å². The highest BCUT2D eigenvalue weighted by Crippen LogP contribution is 2.23. The number of aromatic nitrogens is 3. The van der Waals surface area contributed by atoms with E-state index in [4.69, 9.17) is 5.73 Å². The number of hydrogen-bond donors (Lipinski definition) is 1. The molecule has 0 amide bonds. The molecule has 2 rings (SSSR count). The molecule has 0 bridgehead atoms. The fourth-order valence-electron chi connectivity index (χ4n) is 1.29. The average molecular weight is 209 g/mol. The van der Waals surface area contributed by atoms with Gasteiger partial charge in [0.05, 0.1) is 11.6 Å². The lowest BCUT2D eigenvalue weighted by molar-refractivity contribution is 0.871. The van der Waals surface area contributed by atoms with Gasteiger partial charge in [-0.15, -0.1) is 0 Å². The van der Waals surface area contributed by atoms with Crippen molar-refractivity contribution in [1.82, 2.24) is 14.3 Å². The van der Waals surface area contributed by atoms with Gasteiger partial charge in [0.2, 0.25) is 0 Å². The maximum atomic E-state index is 5.49. The Bertz CT molecular complexity index is 426. The molecule has 0 atom stereocenters. The fourth-order valence-corrected chi connectivity index (χ4v) is 1.88. The zero-order valence-electron chi connectivity index (χ0n) is 7.84. The zero-order chi connectivity index (χ0) is 9.97. The molecule has 6 heteroatoms. The van der Waals surface area contributed by atoms with Crippen LogP contribution in [0.2, 0.25) is 0 Å². The molecule has 0 aliphatic carbocycles. The minimum Gasteiger partial charge on any atom is -0.358 e. The van der Waals surface area contributed by atoms with E-state index in [2.05, 4.69) is 14.3 Å². The Labute approximate surface area is 85.7 Å². The summed E-state index contributed by atoms with van der Waals surface area (Å²) in [5.41, 5.74) is 5.49. The molecule has 0 saturated carbocycles. The highest BCUT2D eigenvalue weighted by Gasteiger charge is 2.08. The third-order valence-corrected chi connectivity index (χ3v) is 2.68. The number of likely N-dealkylation sites (N-methyl/N-ethyl adjacent to an activating group) is 1. The van der Waals surface area contributed by atoms with Gasteiger partial charge in [-0.05, 0) is 11.5 Å². The van der Waals surface area contributed by atoms with Crippen LogP contribution in [0.25, 0.3) is 10.2 Å². The van der Waals surface area contributed by atoms with Crippen LogP contribution in [0.3, 0.4) is 0 Å². The Balaban J connectivity index is 2.45. The van der Waals surface area contributed by atoms with Gasteiger partial charge in [0.1, 0.15) is 17.0 Å². The summed E-state index contributed by atoms with van der Waals surface area (Å²) in [5.74, 6) is 0.897. The van der Waals surface area contributed by atoms with Crippen LogP contribution in [0.15, 0.2) is 12.5 Å². The summed E-state index contributed by atoms with van der Waals surface area (Å²) in [6, 6.07) is 0. The second kappa shape index (κ2) is 3.85. The second-order valence-corrected chi connectivity index (χ2v) is 3.73. The van der Waals surface area contributed by atoms with Crippen molar-refractivity contribution in [3.8, 4) is 0 Å². The van der Waals surface area contributed by atoms with Crippen molar-refractivity contribution >= 4 is 27.6 Å². The van der Waals surface area contributed by atoms with Crippen LogP contribution in [0.4, 0.5) is 5.82 Å². The van der Waals surface area contributed by atoms with Crippen LogP contribution >= 0.6 is 11.5 Å². The molecule has 74 valence electrons. The lowest BCUT2D eigenvalue weighted by Gasteiger charge is -2.16. The van der Waals surface area contributed by atoms with Crippen molar-refractivity contribution in [3.05, 3.63) is 12.5 Å². The van der Waals surface area contributed by atoms with Gasteiger partial charge in [-0.2, -0.15) is 4.37 Å². The van der Waals surface area contributed by atoms with Gasteiger partial charge in [-0.1, -0.05) is 0 Å². The van der Waals surface area contributed by atoms with Crippen molar-refractivity contribution in [2.45, 2.75) is 0 Å². The van der Waals surface area contributed by atoms with Crippen LogP contribution in [0.1, 0.15) is 0 Å². The number of fused-ring (bicyclic) bond motifs is 1. The predicted molar refractivity (Wildman–Crippen MR) is 57.5 cm³/mol. The van der Waals surface area contributed by atoms with Gasteiger partial charge in [-0.25, -0.2) is 9.97 Å². The molecule has 2 heterocycles. The molecule has 0 saturated heterocycles. The van der Waals surface area contributed by atoms with Crippen molar-refractivity contribution in [3.63, 3.8) is 0 Å². The van der Waals surface area contributed by atoms with Crippen molar-refractivity contribution in [2.75, 3.05) is 25.0 Å². The molecule has 0 aromatic carbocycles. The second-order valence-electron chi connectivity index (χ2n) is 2.95. The average Bonchev–Trinajstić information content (AvgIpc) is 2.65. The smallest absolute Gasteiger partial charge is 0.148 e. The normalized spacial score (nSPS) is 10.7. The number of nitrogens with two attached hydrogens (primary N) is 1. The van der Waals surface area contributed by atoms with Crippen LogP contribution in [-0.2, 0) is 0 Å². The number of nitrogens with zero attached hydrogens (tertiary/aromatic N) is 4. The summed E-state index contributed by atoms with van der Waals surface area (Å²) in [5, 5.41) is 0.994. The van der Waals surface area contributed by atoms with Gasteiger partial charge < -0.3 is 10.6 Å². The van der Waals surface area contributed by atoms with Crippen molar-refractivity contribution in [1.29, 1.82) is 0 Å². The Morgan fingerprint density at radius 1 is 1.50 bits per heavy atom. The van der Waals surface area contributed by atoms with E-state index < -0.39 is 0 Å². The van der Waals surface area contributed by atoms with E-state index in [1.807, 2.05) is 11.9 Å². The van der Waals surface area contributed by atoms with Crippen LogP contribution in [0.5, 0.6) is 0 Å². The number of anilines is 1. The highest BCUT2D eigenvalue weighted by molar-refractivity contribution is 7.12. The van der Waals surface area contributed by atoms with E-state index >= 15 is 0 Å². The first-order valence-corrected chi connectivity index (χ1v) is 5.07. The number of rotatable bonds is 3.